The molecule has 1 aromatic rings. The molecule has 0 saturated heterocycles. The monoisotopic (exact) mass is 254 g/mol. The van der Waals surface area contributed by atoms with E-state index >= 15 is 0 Å². The van der Waals surface area contributed by atoms with Crippen LogP contribution >= 0.6 is 11.6 Å². The summed E-state index contributed by atoms with van der Waals surface area (Å²) in [4.78, 5) is 11.1. The summed E-state index contributed by atoms with van der Waals surface area (Å²) in [7, 11) is 0. The van der Waals surface area contributed by atoms with E-state index in [4.69, 9.17) is 16.3 Å². The van der Waals surface area contributed by atoms with Crippen molar-refractivity contribution in [3.8, 4) is 5.75 Å². The Morgan fingerprint density at radius 1 is 1.53 bits per heavy atom. The number of carbonyl (C=O) groups is 1. The third-order valence-corrected chi connectivity index (χ3v) is 2.86. The van der Waals surface area contributed by atoms with Crippen molar-refractivity contribution in [3.63, 3.8) is 0 Å². The molecular formula is C12H15ClN2O2. The molecule has 5 heteroatoms. The molecule has 0 radical (unpaired) electrons. The summed E-state index contributed by atoms with van der Waals surface area (Å²) in [6.07, 6.45) is 2.22. The van der Waals surface area contributed by atoms with Crippen molar-refractivity contribution >= 4 is 28.9 Å². The van der Waals surface area contributed by atoms with Gasteiger partial charge in [-0.3, -0.25) is 4.79 Å². The van der Waals surface area contributed by atoms with Gasteiger partial charge in [0.05, 0.1) is 16.4 Å². The van der Waals surface area contributed by atoms with Crippen molar-refractivity contribution in [1.29, 1.82) is 0 Å². The SMILES string of the molecule is CCCCNc1cc2c(cc1Cl)NC(=O)CO2. The first-order chi connectivity index (χ1) is 8.20. The Morgan fingerprint density at radius 2 is 2.35 bits per heavy atom. The number of ether oxygens (including phenoxy) is 1. The molecule has 0 aromatic heterocycles. The molecule has 0 aliphatic carbocycles. The van der Waals surface area contributed by atoms with Gasteiger partial charge in [0.25, 0.3) is 5.91 Å². The Hall–Kier alpha value is -1.42. The van der Waals surface area contributed by atoms with Gasteiger partial charge in [0.1, 0.15) is 5.75 Å². The van der Waals surface area contributed by atoms with Crippen molar-refractivity contribution in [2.75, 3.05) is 23.8 Å². The number of amides is 1. The molecule has 1 aliphatic rings. The number of rotatable bonds is 4. The maximum atomic E-state index is 11.1. The maximum absolute atomic E-state index is 11.1. The number of halogens is 1. The quantitative estimate of drug-likeness (QED) is 0.813. The highest BCUT2D eigenvalue weighted by Crippen LogP contribution is 2.36. The van der Waals surface area contributed by atoms with Gasteiger partial charge in [0, 0.05) is 12.6 Å². The lowest BCUT2D eigenvalue weighted by Gasteiger charge is -2.19. The molecule has 0 unspecified atom stereocenters. The number of unbranched alkanes of at least 4 members (excludes halogenated alkanes) is 1. The van der Waals surface area contributed by atoms with Crippen molar-refractivity contribution < 1.29 is 9.53 Å². The van der Waals surface area contributed by atoms with E-state index in [1.807, 2.05) is 6.07 Å². The van der Waals surface area contributed by atoms with Gasteiger partial charge in [-0.15, -0.1) is 0 Å². The molecule has 0 spiro atoms. The molecule has 1 aromatic carbocycles. The Balaban J connectivity index is 2.16. The minimum absolute atomic E-state index is 0.0586. The Morgan fingerprint density at radius 3 is 3.12 bits per heavy atom. The van der Waals surface area contributed by atoms with E-state index in [1.165, 1.54) is 0 Å². The standard InChI is InChI=1S/C12H15ClN2O2/c1-2-3-4-14-9-6-11-10(5-8(9)13)15-12(16)7-17-11/h5-6,14H,2-4,7H2,1H3,(H,15,16). The van der Waals surface area contributed by atoms with Crippen molar-refractivity contribution in [3.05, 3.63) is 17.2 Å². The lowest BCUT2D eigenvalue weighted by Crippen LogP contribution is -2.25. The number of hydrogen-bond donors (Lipinski definition) is 2. The molecule has 4 nitrogen and oxygen atoms in total. The highest BCUT2D eigenvalue weighted by Gasteiger charge is 2.17. The maximum Gasteiger partial charge on any atom is 0.262 e. The fraction of sp³-hybridized carbons (Fsp3) is 0.417. The number of hydrogen-bond acceptors (Lipinski definition) is 3. The number of benzene rings is 1. The second-order valence-corrected chi connectivity index (χ2v) is 4.35. The molecule has 92 valence electrons. The Kier molecular flexibility index (Phi) is 3.74. The zero-order valence-electron chi connectivity index (χ0n) is 9.68. The van der Waals surface area contributed by atoms with E-state index in [0.717, 1.165) is 25.1 Å². The van der Waals surface area contributed by atoms with E-state index < -0.39 is 0 Å². The summed E-state index contributed by atoms with van der Waals surface area (Å²) in [5.74, 6) is 0.508. The van der Waals surface area contributed by atoms with Crippen molar-refractivity contribution in [1.82, 2.24) is 0 Å². The molecular weight excluding hydrogens is 240 g/mol. The van der Waals surface area contributed by atoms with Crippen molar-refractivity contribution in [2.24, 2.45) is 0 Å². The summed E-state index contributed by atoms with van der Waals surface area (Å²) in [5.41, 5.74) is 1.47. The van der Waals surface area contributed by atoms with Crippen LogP contribution in [-0.2, 0) is 4.79 Å². The summed E-state index contributed by atoms with van der Waals surface area (Å²) in [5, 5.41) is 6.56. The molecule has 1 heterocycles. The van der Waals surface area contributed by atoms with Crippen LogP contribution in [0.2, 0.25) is 5.02 Å². The molecule has 2 N–H and O–H groups in total. The van der Waals surface area contributed by atoms with Gasteiger partial charge in [-0.25, -0.2) is 0 Å². The van der Waals surface area contributed by atoms with Gasteiger partial charge >= 0.3 is 0 Å². The predicted octanol–water partition coefficient (Wildman–Crippen LogP) is 2.88. The average molecular weight is 255 g/mol. The van der Waals surface area contributed by atoms with Gasteiger partial charge in [0.15, 0.2) is 6.61 Å². The molecule has 17 heavy (non-hydrogen) atoms. The Bertz CT molecular complexity index is 435. The van der Waals surface area contributed by atoms with Gasteiger partial charge in [-0.05, 0) is 12.5 Å². The lowest BCUT2D eigenvalue weighted by atomic mass is 10.2. The molecule has 0 fully saturated rings. The highest BCUT2D eigenvalue weighted by molar-refractivity contribution is 6.33. The molecule has 0 saturated carbocycles. The third kappa shape index (κ3) is 2.82. The fourth-order valence-corrected chi connectivity index (χ4v) is 1.87. The first kappa shape index (κ1) is 12.0. The van der Waals surface area contributed by atoms with Crippen molar-refractivity contribution in [2.45, 2.75) is 19.8 Å². The summed E-state index contributed by atoms with van der Waals surface area (Å²) < 4.78 is 5.33. The second kappa shape index (κ2) is 5.27. The number of anilines is 2. The van der Waals surface area contributed by atoms with Crippen LogP contribution in [0.5, 0.6) is 5.75 Å². The van der Waals surface area contributed by atoms with Crippen LogP contribution in [0.25, 0.3) is 0 Å². The van der Waals surface area contributed by atoms with E-state index in [9.17, 15) is 4.79 Å². The lowest BCUT2D eigenvalue weighted by molar-refractivity contribution is -0.118. The normalized spacial score (nSPS) is 13.6. The molecule has 1 amide bonds. The van der Waals surface area contributed by atoms with Gasteiger partial charge in [-0.1, -0.05) is 24.9 Å². The highest BCUT2D eigenvalue weighted by atomic mass is 35.5. The Labute approximate surface area is 105 Å². The molecule has 0 bridgehead atoms. The number of nitrogens with one attached hydrogen (secondary N) is 2. The van der Waals surface area contributed by atoms with Crippen LogP contribution in [0.1, 0.15) is 19.8 Å². The molecule has 1 aliphatic heterocycles. The molecule has 2 rings (SSSR count). The van der Waals surface area contributed by atoms with Crippen LogP contribution in [0.4, 0.5) is 11.4 Å². The molecule has 0 atom stereocenters. The van der Waals surface area contributed by atoms with Crippen LogP contribution < -0.4 is 15.4 Å². The smallest absolute Gasteiger partial charge is 0.262 e. The van der Waals surface area contributed by atoms with Gasteiger partial charge in [-0.2, -0.15) is 0 Å². The van der Waals surface area contributed by atoms with Crippen LogP contribution in [-0.4, -0.2) is 19.1 Å². The average Bonchev–Trinajstić information content (AvgIpc) is 2.30. The topological polar surface area (TPSA) is 50.4 Å². The third-order valence-electron chi connectivity index (χ3n) is 2.55. The number of fused-ring (bicyclic) bond motifs is 1. The van der Waals surface area contributed by atoms with E-state index in [1.54, 1.807) is 6.07 Å². The summed E-state index contributed by atoms with van der Waals surface area (Å²) in [6.45, 7) is 3.07. The number of carbonyl (C=O) groups excluding carboxylic acids is 1. The van der Waals surface area contributed by atoms with Crippen LogP contribution in [0.3, 0.4) is 0 Å². The van der Waals surface area contributed by atoms with Crippen LogP contribution in [0, 0.1) is 0 Å². The first-order valence-electron chi connectivity index (χ1n) is 5.70. The van der Waals surface area contributed by atoms with E-state index in [-0.39, 0.29) is 12.5 Å². The summed E-state index contributed by atoms with van der Waals surface area (Å²) in [6, 6.07) is 3.54. The minimum atomic E-state index is -0.153. The van der Waals surface area contributed by atoms with Gasteiger partial charge < -0.3 is 15.4 Å². The zero-order valence-corrected chi connectivity index (χ0v) is 10.4. The second-order valence-electron chi connectivity index (χ2n) is 3.95. The first-order valence-corrected chi connectivity index (χ1v) is 6.08. The largest absolute Gasteiger partial charge is 0.482 e. The zero-order chi connectivity index (χ0) is 12.3. The fourth-order valence-electron chi connectivity index (χ4n) is 1.64. The van der Waals surface area contributed by atoms with E-state index in [2.05, 4.69) is 17.6 Å². The summed E-state index contributed by atoms with van der Waals surface area (Å²) >= 11 is 6.12. The van der Waals surface area contributed by atoms with Gasteiger partial charge in [0.2, 0.25) is 0 Å². The van der Waals surface area contributed by atoms with Crippen LogP contribution in [0.15, 0.2) is 12.1 Å². The van der Waals surface area contributed by atoms with E-state index in [0.29, 0.717) is 16.5 Å². The predicted molar refractivity (Wildman–Crippen MR) is 69.0 cm³/mol. The minimum Gasteiger partial charge on any atom is -0.482 e.